The Morgan fingerprint density at radius 1 is 0.967 bits per heavy atom. The smallest absolute Gasteiger partial charge is 0.270 e. The molecule has 0 saturated heterocycles. The molecule has 1 heterocycles. The van der Waals surface area contributed by atoms with Gasteiger partial charge in [-0.25, -0.2) is 4.98 Å². The highest BCUT2D eigenvalue weighted by atomic mass is 35.5. The minimum absolute atomic E-state index is 0. The molecule has 1 amide bonds. The number of para-hydroxylation sites is 1. The number of nitrogens with one attached hydrogen (secondary N) is 2. The number of fused-ring (bicyclic) bond motifs is 1. The zero-order valence-electron chi connectivity index (χ0n) is 16.3. The molecule has 8 heteroatoms. The van der Waals surface area contributed by atoms with Crippen molar-refractivity contribution in [1.29, 1.82) is 0 Å². The second-order valence-corrected chi connectivity index (χ2v) is 7.36. The van der Waals surface area contributed by atoms with E-state index in [2.05, 4.69) is 21.7 Å². The third kappa shape index (κ3) is 5.04. The Morgan fingerprint density at radius 2 is 1.70 bits per heavy atom. The van der Waals surface area contributed by atoms with Gasteiger partial charge in [-0.05, 0) is 49.9 Å². The molecule has 2 N–H and O–H groups in total. The van der Waals surface area contributed by atoms with Gasteiger partial charge in [0.15, 0.2) is 0 Å². The van der Waals surface area contributed by atoms with Gasteiger partial charge in [-0.1, -0.05) is 24.3 Å². The predicted molar refractivity (Wildman–Crippen MR) is 119 cm³/mol. The number of benzene rings is 2. The Kier molecular flexibility index (Phi) is 6.84. The molecule has 156 valence electrons. The molecule has 0 bridgehead atoms. The molecule has 3 aromatic rings. The normalized spacial score (nSPS) is 18.3. The maximum absolute atomic E-state index is 12.4. The summed E-state index contributed by atoms with van der Waals surface area (Å²) in [6.07, 6.45) is 3.56. The fraction of sp³-hybridized carbons (Fsp3) is 0.273. The molecule has 1 aliphatic rings. The summed E-state index contributed by atoms with van der Waals surface area (Å²) in [4.78, 5) is 27.5. The van der Waals surface area contributed by atoms with Gasteiger partial charge >= 0.3 is 0 Å². The first kappa shape index (κ1) is 21.5. The van der Waals surface area contributed by atoms with Gasteiger partial charge in [-0.15, -0.1) is 12.4 Å². The maximum atomic E-state index is 12.4. The molecule has 1 saturated carbocycles. The van der Waals surface area contributed by atoms with Crippen LogP contribution >= 0.6 is 12.4 Å². The standard InChI is InChI=1S/C22H22N4O3.ClH/c27-22(16-5-3-6-19(14-16)26(28)29)24-18-11-9-17(10-12-18)23-21-13-8-15-4-1-2-7-20(15)25-21;/h1-8,13-14,17-18H,9-12H2,(H,23,25)(H,24,27);1H/t17-,18+;. The lowest BCUT2D eigenvalue weighted by atomic mass is 9.91. The van der Waals surface area contributed by atoms with Crippen LogP contribution in [-0.2, 0) is 0 Å². The molecular formula is C22H23ClN4O3. The van der Waals surface area contributed by atoms with Crippen molar-refractivity contribution >= 4 is 40.7 Å². The van der Waals surface area contributed by atoms with E-state index in [0.29, 0.717) is 11.6 Å². The molecule has 0 aliphatic heterocycles. The molecule has 0 atom stereocenters. The number of nitro benzene ring substituents is 1. The molecule has 2 aromatic carbocycles. The van der Waals surface area contributed by atoms with Gasteiger partial charge in [-0.2, -0.15) is 0 Å². The molecule has 1 fully saturated rings. The highest BCUT2D eigenvalue weighted by Crippen LogP contribution is 2.23. The predicted octanol–water partition coefficient (Wildman–Crippen LogP) is 4.72. The number of amides is 1. The number of carbonyl (C=O) groups is 1. The van der Waals surface area contributed by atoms with Crippen LogP contribution in [0.25, 0.3) is 10.9 Å². The van der Waals surface area contributed by atoms with E-state index in [0.717, 1.165) is 42.4 Å². The van der Waals surface area contributed by atoms with Crippen molar-refractivity contribution in [3.8, 4) is 0 Å². The first-order valence-corrected chi connectivity index (χ1v) is 9.76. The number of hydrogen-bond acceptors (Lipinski definition) is 5. The van der Waals surface area contributed by atoms with E-state index in [1.807, 2.05) is 30.3 Å². The van der Waals surface area contributed by atoms with Gasteiger partial charge in [0.1, 0.15) is 5.82 Å². The Balaban J connectivity index is 0.00000256. The molecule has 4 rings (SSSR count). The van der Waals surface area contributed by atoms with E-state index >= 15 is 0 Å². The van der Waals surface area contributed by atoms with Crippen molar-refractivity contribution in [3.05, 3.63) is 76.3 Å². The fourth-order valence-electron chi connectivity index (χ4n) is 3.77. The van der Waals surface area contributed by atoms with Gasteiger partial charge in [0, 0.05) is 35.2 Å². The van der Waals surface area contributed by atoms with Crippen LogP contribution in [0.5, 0.6) is 0 Å². The Morgan fingerprint density at radius 3 is 2.47 bits per heavy atom. The zero-order valence-corrected chi connectivity index (χ0v) is 17.1. The number of pyridine rings is 1. The van der Waals surface area contributed by atoms with Crippen molar-refractivity contribution in [2.75, 3.05) is 5.32 Å². The molecule has 0 radical (unpaired) electrons. The molecule has 30 heavy (non-hydrogen) atoms. The molecule has 1 aliphatic carbocycles. The van der Waals surface area contributed by atoms with E-state index < -0.39 is 4.92 Å². The minimum Gasteiger partial charge on any atom is -0.367 e. The number of nitrogens with zero attached hydrogens (tertiary/aromatic N) is 2. The van der Waals surface area contributed by atoms with E-state index in [4.69, 9.17) is 0 Å². The largest absolute Gasteiger partial charge is 0.367 e. The van der Waals surface area contributed by atoms with E-state index in [9.17, 15) is 14.9 Å². The summed E-state index contributed by atoms with van der Waals surface area (Å²) >= 11 is 0. The number of nitro groups is 1. The molecule has 0 spiro atoms. The summed E-state index contributed by atoms with van der Waals surface area (Å²) in [5, 5.41) is 18.5. The van der Waals surface area contributed by atoms with E-state index in [-0.39, 0.29) is 30.0 Å². The Bertz CT molecular complexity index is 1050. The van der Waals surface area contributed by atoms with Gasteiger partial charge in [0.05, 0.1) is 10.4 Å². The van der Waals surface area contributed by atoms with Gasteiger partial charge in [0.25, 0.3) is 11.6 Å². The van der Waals surface area contributed by atoms with Gasteiger partial charge in [-0.3, -0.25) is 14.9 Å². The minimum atomic E-state index is -0.492. The second-order valence-electron chi connectivity index (χ2n) is 7.36. The summed E-state index contributed by atoms with van der Waals surface area (Å²) in [6.45, 7) is 0. The number of halogens is 1. The van der Waals surface area contributed by atoms with Crippen LogP contribution in [-0.4, -0.2) is 27.9 Å². The number of anilines is 1. The number of carbonyl (C=O) groups excluding carboxylic acids is 1. The number of non-ortho nitro benzene ring substituents is 1. The van der Waals surface area contributed by atoms with Crippen molar-refractivity contribution in [3.63, 3.8) is 0 Å². The first-order valence-electron chi connectivity index (χ1n) is 9.76. The van der Waals surface area contributed by atoms with Crippen LogP contribution in [0.4, 0.5) is 11.5 Å². The van der Waals surface area contributed by atoms with Crippen molar-refractivity contribution in [2.24, 2.45) is 0 Å². The molecule has 1 aromatic heterocycles. The lowest BCUT2D eigenvalue weighted by Gasteiger charge is -2.30. The van der Waals surface area contributed by atoms with Crippen molar-refractivity contribution in [2.45, 2.75) is 37.8 Å². The van der Waals surface area contributed by atoms with Crippen molar-refractivity contribution in [1.82, 2.24) is 10.3 Å². The van der Waals surface area contributed by atoms with Crippen LogP contribution in [0.1, 0.15) is 36.0 Å². The average Bonchev–Trinajstić information content (AvgIpc) is 2.75. The van der Waals surface area contributed by atoms with Gasteiger partial charge < -0.3 is 10.6 Å². The van der Waals surface area contributed by atoms with Crippen molar-refractivity contribution < 1.29 is 9.72 Å². The van der Waals surface area contributed by atoms with Crippen LogP contribution in [0.2, 0.25) is 0 Å². The van der Waals surface area contributed by atoms with E-state index in [1.165, 1.54) is 18.2 Å². The molecular weight excluding hydrogens is 404 g/mol. The van der Waals surface area contributed by atoms with Crippen LogP contribution in [0.3, 0.4) is 0 Å². The summed E-state index contributed by atoms with van der Waals surface area (Å²) in [7, 11) is 0. The third-order valence-corrected chi connectivity index (χ3v) is 5.33. The summed E-state index contributed by atoms with van der Waals surface area (Å²) in [5.41, 5.74) is 1.21. The molecule has 7 nitrogen and oxygen atoms in total. The van der Waals surface area contributed by atoms with Crippen LogP contribution < -0.4 is 10.6 Å². The van der Waals surface area contributed by atoms with Gasteiger partial charge in [0.2, 0.25) is 0 Å². The summed E-state index contributed by atoms with van der Waals surface area (Å²) < 4.78 is 0. The topological polar surface area (TPSA) is 97.2 Å². The second kappa shape index (κ2) is 9.54. The quantitative estimate of drug-likeness (QED) is 0.454. The fourth-order valence-corrected chi connectivity index (χ4v) is 3.77. The maximum Gasteiger partial charge on any atom is 0.270 e. The average molecular weight is 427 g/mol. The summed E-state index contributed by atoms with van der Waals surface area (Å²) in [6, 6.07) is 18.3. The lowest BCUT2D eigenvalue weighted by Crippen LogP contribution is -2.40. The SMILES string of the molecule is Cl.O=C(N[C@H]1CC[C@@H](Nc2ccc3ccccc3n2)CC1)c1cccc([N+](=O)[O-])c1. The first-order chi connectivity index (χ1) is 14.1. The van der Waals surface area contributed by atoms with Crippen LogP contribution in [0, 0.1) is 10.1 Å². The third-order valence-electron chi connectivity index (χ3n) is 5.33. The van der Waals surface area contributed by atoms with Crippen LogP contribution in [0.15, 0.2) is 60.7 Å². The zero-order chi connectivity index (χ0) is 20.2. The Hall–Kier alpha value is -3.19. The highest BCUT2D eigenvalue weighted by Gasteiger charge is 2.23. The number of hydrogen-bond donors (Lipinski definition) is 2. The lowest BCUT2D eigenvalue weighted by molar-refractivity contribution is -0.384. The molecule has 0 unspecified atom stereocenters. The Labute approximate surface area is 180 Å². The highest BCUT2D eigenvalue weighted by molar-refractivity contribution is 5.95. The monoisotopic (exact) mass is 426 g/mol. The summed E-state index contributed by atoms with van der Waals surface area (Å²) in [5.74, 6) is 0.606. The number of aromatic nitrogens is 1. The van der Waals surface area contributed by atoms with E-state index in [1.54, 1.807) is 6.07 Å². The number of rotatable bonds is 5.